The van der Waals surface area contributed by atoms with Crippen molar-refractivity contribution in [1.29, 1.82) is 0 Å². The molecule has 0 aliphatic carbocycles. The van der Waals surface area contributed by atoms with Crippen LogP contribution in [0.4, 0.5) is 22.0 Å². The van der Waals surface area contributed by atoms with Crippen molar-refractivity contribution in [2.75, 3.05) is 26.9 Å². The van der Waals surface area contributed by atoms with Crippen molar-refractivity contribution >= 4 is 0 Å². The van der Waals surface area contributed by atoms with Gasteiger partial charge in [0.1, 0.15) is 6.61 Å². The van der Waals surface area contributed by atoms with Crippen LogP contribution in [-0.2, 0) is 9.47 Å². The van der Waals surface area contributed by atoms with Crippen LogP contribution in [0, 0.1) is 0 Å². The fraction of sp³-hybridized carbons (Fsp3) is 1.00. The second-order valence-corrected chi connectivity index (χ2v) is 3.35. The SMILES string of the molecule is COCC(N)C(CO)OCC(F)(F)C(F)(F)F. The standard InChI is InChI=1S/C8H14F5NO3/c1-16-3-5(14)6(2-15)17-4-7(9,10)8(11,12)13/h5-6,15H,2-4,14H2,1H3. The molecule has 0 spiro atoms. The normalized spacial score (nSPS) is 16.9. The van der Waals surface area contributed by atoms with Crippen LogP contribution in [-0.4, -0.2) is 56.3 Å². The summed E-state index contributed by atoms with van der Waals surface area (Å²) in [4.78, 5) is 0. The van der Waals surface area contributed by atoms with Gasteiger partial charge in [-0.2, -0.15) is 22.0 Å². The lowest BCUT2D eigenvalue weighted by Gasteiger charge is -2.25. The van der Waals surface area contributed by atoms with Crippen LogP contribution in [0.3, 0.4) is 0 Å². The van der Waals surface area contributed by atoms with Gasteiger partial charge in [0.05, 0.1) is 25.4 Å². The van der Waals surface area contributed by atoms with E-state index in [4.69, 9.17) is 10.8 Å². The third kappa shape index (κ3) is 5.11. The zero-order valence-electron chi connectivity index (χ0n) is 9.01. The van der Waals surface area contributed by atoms with Crippen molar-refractivity contribution in [2.24, 2.45) is 5.73 Å². The van der Waals surface area contributed by atoms with Crippen molar-refractivity contribution in [3.8, 4) is 0 Å². The molecule has 0 saturated carbocycles. The number of rotatable bonds is 7. The lowest BCUT2D eigenvalue weighted by atomic mass is 10.2. The van der Waals surface area contributed by atoms with Crippen LogP contribution in [0.15, 0.2) is 0 Å². The van der Waals surface area contributed by atoms with E-state index in [1.165, 1.54) is 7.11 Å². The summed E-state index contributed by atoms with van der Waals surface area (Å²) in [6.45, 7) is -2.81. The Balaban J connectivity index is 4.33. The molecule has 0 radical (unpaired) electrons. The first kappa shape index (κ1) is 16.5. The van der Waals surface area contributed by atoms with E-state index < -0.39 is 37.5 Å². The minimum absolute atomic E-state index is 0.136. The molecule has 0 bridgehead atoms. The summed E-state index contributed by atoms with van der Waals surface area (Å²) in [6, 6.07) is -0.992. The molecule has 4 nitrogen and oxygen atoms in total. The number of aliphatic hydroxyl groups is 1. The molecule has 0 heterocycles. The first-order chi connectivity index (χ1) is 7.65. The van der Waals surface area contributed by atoms with Crippen LogP contribution in [0.5, 0.6) is 0 Å². The van der Waals surface area contributed by atoms with Gasteiger partial charge in [0.2, 0.25) is 0 Å². The van der Waals surface area contributed by atoms with Crippen molar-refractivity contribution < 1.29 is 36.5 Å². The second kappa shape index (κ2) is 6.43. The number of methoxy groups -OCH3 is 1. The van der Waals surface area contributed by atoms with Gasteiger partial charge in [-0.3, -0.25) is 0 Å². The minimum atomic E-state index is -5.70. The molecular weight excluding hydrogens is 253 g/mol. The van der Waals surface area contributed by atoms with E-state index in [0.29, 0.717) is 0 Å². The van der Waals surface area contributed by atoms with Crippen molar-refractivity contribution in [1.82, 2.24) is 0 Å². The van der Waals surface area contributed by atoms with Gasteiger partial charge in [-0.25, -0.2) is 0 Å². The van der Waals surface area contributed by atoms with Gasteiger partial charge in [0, 0.05) is 7.11 Å². The predicted octanol–water partition coefficient (Wildman–Crippen LogP) is 0.535. The Bertz CT molecular complexity index is 224. The van der Waals surface area contributed by atoms with E-state index >= 15 is 0 Å². The maximum Gasteiger partial charge on any atom is 0.455 e. The molecule has 9 heteroatoms. The number of ether oxygens (including phenoxy) is 2. The summed E-state index contributed by atoms with van der Waals surface area (Å²) in [5, 5.41) is 8.74. The van der Waals surface area contributed by atoms with E-state index in [1.807, 2.05) is 0 Å². The largest absolute Gasteiger partial charge is 0.455 e. The molecule has 0 fully saturated rings. The summed E-state index contributed by atoms with van der Waals surface area (Å²) in [5.41, 5.74) is 5.34. The molecule has 0 aromatic carbocycles. The molecule has 3 N–H and O–H groups in total. The molecule has 17 heavy (non-hydrogen) atoms. The summed E-state index contributed by atoms with van der Waals surface area (Å²) in [7, 11) is 1.26. The Morgan fingerprint density at radius 3 is 2.12 bits per heavy atom. The summed E-state index contributed by atoms with van der Waals surface area (Å²) >= 11 is 0. The first-order valence-electron chi connectivity index (χ1n) is 4.57. The monoisotopic (exact) mass is 267 g/mol. The number of alkyl halides is 5. The number of hydrogen-bond acceptors (Lipinski definition) is 4. The Morgan fingerprint density at radius 2 is 1.76 bits per heavy atom. The van der Waals surface area contributed by atoms with E-state index in [2.05, 4.69) is 9.47 Å². The molecule has 0 amide bonds. The minimum Gasteiger partial charge on any atom is -0.394 e. The summed E-state index contributed by atoms with van der Waals surface area (Å²) < 4.78 is 69.1. The highest BCUT2D eigenvalue weighted by Gasteiger charge is 2.57. The van der Waals surface area contributed by atoms with Gasteiger partial charge in [0.15, 0.2) is 0 Å². The lowest BCUT2D eigenvalue weighted by Crippen LogP contribution is -2.47. The van der Waals surface area contributed by atoms with Crippen molar-refractivity contribution in [3.05, 3.63) is 0 Å². The Kier molecular flexibility index (Phi) is 6.24. The third-order valence-electron chi connectivity index (χ3n) is 1.91. The second-order valence-electron chi connectivity index (χ2n) is 3.35. The Hall–Kier alpha value is -0.510. The molecule has 2 atom stereocenters. The molecule has 104 valence electrons. The highest BCUT2D eigenvalue weighted by Crippen LogP contribution is 2.35. The third-order valence-corrected chi connectivity index (χ3v) is 1.91. The molecule has 0 aromatic heterocycles. The number of hydrogen-bond donors (Lipinski definition) is 2. The van der Waals surface area contributed by atoms with E-state index in [9.17, 15) is 22.0 Å². The lowest BCUT2D eigenvalue weighted by molar-refractivity contribution is -0.301. The van der Waals surface area contributed by atoms with E-state index in [0.717, 1.165) is 0 Å². The van der Waals surface area contributed by atoms with Crippen LogP contribution in [0.2, 0.25) is 0 Å². The van der Waals surface area contributed by atoms with Gasteiger partial charge in [0.25, 0.3) is 0 Å². The van der Waals surface area contributed by atoms with Crippen LogP contribution < -0.4 is 5.73 Å². The Morgan fingerprint density at radius 1 is 1.24 bits per heavy atom. The van der Waals surface area contributed by atoms with Gasteiger partial charge >= 0.3 is 12.1 Å². The zero-order chi connectivity index (χ0) is 13.7. The highest BCUT2D eigenvalue weighted by atomic mass is 19.4. The molecule has 2 unspecified atom stereocenters. The molecule has 0 aliphatic rings. The van der Waals surface area contributed by atoms with Gasteiger partial charge in [-0.05, 0) is 0 Å². The van der Waals surface area contributed by atoms with E-state index in [1.54, 1.807) is 0 Å². The fourth-order valence-corrected chi connectivity index (χ4v) is 0.905. The van der Waals surface area contributed by atoms with Gasteiger partial charge in [-0.1, -0.05) is 0 Å². The van der Waals surface area contributed by atoms with Crippen molar-refractivity contribution in [2.45, 2.75) is 24.2 Å². The average molecular weight is 267 g/mol. The Labute approximate surface area is 94.5 Å². The smallest absolute Gasteiger partial charge is 0.394 e. The fourth-order valence-electron chi connectivity index (χ4n) is 0.905. The topological polar surface area (TPSA) is 64.7 Å². The maximum absolute atomic E-state index is 12.5. The number of halogens is 5. The van der Waals surface area contributed by atoms with Crippen LogP contribution in [0.25, 0.3) is 0 Å². The zero-order valence-corrected chi connectivity index (χ0v) is 9.01. The molecule has 0 rings (SSSR count). The van der Waals surface area contributed by atoms with Crippen molar-refractivity contribution in [3.63, 3.8) is 0 Å². The molecule has 0 aliphatic heterocycles. The average Bonchev–Trinajstić information content (AvgIpc) is 2.17. The van der Waals surface area contributed by atoms with E-state index in [-0.39, 0.29) is 6.61 Å². The predicted molar refractivity (Wildman–Crippen MR) is 47.7 cm³/mol. The molecule has 0 saturated heterocycles. The van der Waals surface area contributed by atoms with Gasteiger partial charge < -0.3 is 20.3 Å². The highest BCUT2D eigenvalue weighted by molar-refractivity contribution is 4.78. The molecule has 0 aromatic rings. The summed E-state index contributed by atoms with van der Waals surface area (Å²) in [5.74, 6) is -4.98. The number of nitrogens with two attached hydrogens (primary N) is 1. The van der Waals surface area contributed by atoms with Crippen LogP contribution in [0.1, 0.15) is 0 Å². The maximum atomic E-state index is 12.5. The van der Waals surface area contributed by atoms with Gasteiger partial charge in [-0.15, -0.1) is 0 Å². The molecular formula is C8H14F5NO3. The first-order valence-corrected chi connectivity index (χ1v) is 4.57. The number of aliphatic hydroxyl groups excluding tert-OH is 1. The summed E-state index contributed by atoms with van der Waals surface area (Å²) in [6.07, 6.45) is -7.04. The van der Waals surface area contributed by atoms with Crippen LogP contribution >= 0.6 is 0 Å². The quantitative estimate of drug-likeness (QED) is 0.661.